The molecular weight excluding hydrogens is 338 g/mol. The van der Waals surface area contributed by atoms with Gasteiger partial charge in [0.05, 0.1) is 6.54 Å². The van der Waals surface area contributed by atoms with Gasteiger partial charge in [-0.05, 0) is 56.5 Å². The lowest BCUT2D eigenvalue weighted by Crippen LogP contribution is -2.36. The fraction of sp³-hybridized carbons (Fsp3) is 0.524. The van der Waals surface area contributed by atoms with Gasteiger partial charge in [-0.1, -0.05) is 12.1 Å². The summed E-state index contributed by atoms with van der Waals surface area (Å²) in [5, 5.41) is 11.9. The van der Waals surface area contributed by atoms with Crippen molar-refractivity contribution in [2.24, 2.45) is 5.92 Å². The normalized spacial score (nSPS) is 19.6. The van der Waals surface area contributed by atoms with Crippen molar-refractivity contribution in [2.45, 2.75) is 46.2 Å². The summed E-state index contributed by atoms with van der Waals surface area (Å²) >= 11 is 0. The van der Waals surface area contributed by atoms with Crippen molar-refractivity contribution in [2.75, 3.05) is 25.0 Å². The lowest BCUT2D eigenvalue weighted by atomic mass is 9.99. The quantitative estimate of drug-likeness (QED) is 0.872. The zero-order chi connectivity index (χ0) is 18.8. The molecule has 0 radical (unpaired) electrons. The first-order valence-electron chi connectivity index (χ1n) is 9.98. The van der Waals surface area contributed by atoms with Crippen LogP contribution in [0.15, 0.2) is 24.3 Å². The minimum Gasteiger partial charge on any atom is -0.338 e. The number of amides is 1. The molecule has 2 aliphatic heterocycles. The Hall–Kier alpha value is -2.34. The van der Waals surface area contributed by atoms with Crippen LogP contribution >= 0.6 is 0 Å². The van der Waals surface area contributed by atoms with E-state index in [0.717, 1.165) is 44.1 Å². The Bertz CT molecular complexity index is 822. The molecular formula is C21H29N5O. The van der Waals surface area contributed by atoms with Crippen molar-refractivity contribution < 1.29 is 4.79 Å². The summed E-state index contributed by atoms with van der Waals surface area (Å²) in [7, 11) is 0. The van der Waals surface area contributed by atoms with Crippen molar-refractivity contribution in [1.82, 2.24) is 20.0 Å². The summed E-state index contributed by atoms with van der Waals surface area (Å²) in [6, 6.07) is 8.33. The molecule has 3 heterocycles. The summed E-state index contributed by atoms with van der Waals surface area (Å²) in [6.45, 7) is 8.30. The molecule has 4 rings (SSSR count). The van der Waals surface area contributed by atoms with Gasteiger partial charge in [0.15, 0.2) is 5.82 Å². The Kier molecular flexibility index (Phi) is 5.16. The van der Waals surface area contributed by atoms with Gasteiger partial charge in [0.25, 0.3) is 0 Å². The van der Waals surface area contributed by atoms with Gasteiger partial charge in [-0.25, -0.2) is 0 Å². The number of aryl methyl sites for hydroxylation is 1. The van der Waals surface area contributed by atoms with Crippen molar-refractivity contribution in [3.63, 3.8) is 0 Å². The summed E-state index contributed by atoms with van der Waals surface area (Å²) in [5.41, 5.74) is 4.71. The van der Waals surface area contributed by atoms with Crippen LogP contribution in [0.4, 0.5) is 11.5 Å². The van der Waals surface area contributed by atoms with Crippen molar-refractivity contribution in [3.05, 3.63) is 41.1 Å². The van der Waals surface area contributed by atoms with E-state index in [-0.39, 0.29) is 5.91 Å². The lowest BCUT2D eigenvalue weighted by molar-refractivity contribution is -0.129. The zero-order valence-corrected chi connectivity index (χ0v) is 16.3. The predicted octanol–water partition coefficient (Wildman–Crippen LogP) is 2.84. The highest BCUT2D eigenvalue weighted by molar-refractivity contribution is 5.74. The van der Waals surface area contributed by atoms with E-state index < -0.39 is 0 Å². The van der Waals surface area contributed by atoms with E-state index in [9.17, 15) is 4.79 Å². The first-order chi connectivity index (χ1) is 13.1. The van der Waals surface area contributed by atoms with Crippen LogP contribution < -0.4 is 10.6 Å². The third-order valence-corrected chi connectivity index (χ3v) is 5.69. The molecule has 2 N–H and O–H groups in total. The van der Waals surface area contributed by atoms with Crippen molar-refractivity contribution >= 4 is 17.4 Å². The summed E-state index contributed by atoms with van der Waals surface area (Å²) in [6.07, 6.45) is 3.36. The van der Waals surface area contributed by atoms with Crippen LogP contribution in [-0.4, -0.2) is 40.2 Å². The number of nitrogens with one attached hydrogen (secondary N) is 2. The molecule has 0 saturated carbocycles. The molecule has 6 nitrogen and oxygen atoms in total. The third-order valence-electron chi connectivity index (χ3n) is 5.69. The number of aromatic nitrogens is 2. The molecule has 1 saturated heterocycles. The smallest absolute Gasteiger partial charge is 0.219 e. The SMILES string of the molecule is CC(=O)N1CCc2c(c(Nc3cccc(C)c3)nn2CC2CCCNC2)C1. The van der Waals surface area contributed by atoms with Gasteiger partial charge in [-0.3, -0.25) is 9.48 Å². The molecule has 0 bridgehead atoms. The van der Waals surface area contributed by atoms with E-state index in [1.807, 2.05) is 4.90 Å². The number of benzene rings is 1. The highest BCUT2D eigenvalue weighted by Crippen LogP contribution is 2.30. The van der Waals surface area contributed by atoms with E-state index in [4.69, 9.17) is 5.10 Å². The van der Waals surface area contributed by atoms with E-state index in [1.54, 1.807) is 6.92 Å². The van der Waals surface area contributed by atoms with Crippen LogP contribution in [0.5, 0.6) is 0 Å². The highest BCUT2D eigenvalue weighted by atomic mass is 16.2. The molecule has 1 aromatic heterocycles. The van der Waals surface area contributed by atoms with Crippen molar-refractivity contribution in [3.8, 4) is 0 Å². The van der Waals surface area contributed by atoms with Gasteiger partial charge < -0.3 is 15.5 Å². The molecule has 0 aliphatic carbocycles. The minimum absolute atomic E-state index is 0.131. The maximum absolute atomic E-state index is 11.9. The minimum atomic E-state index is 0.131. The average molecular weight is 367 g/mol. The average Bonchev–Trinajstić information content (AvgIpc) is 2.99. The summed E-state index contributed by atoms with van der Waals surface area (Å²) in [4.78, 5) is 13.8. The molecule has 2 aliphatic rings. The molecule has 1 atom stereocenters. The van der Waals surface area contributed by atoms with Crippen LogP contribution in [0.2, 0.25) is 0 Å². The van der Waals surface area contributed by atoms with E-state index >= 15 is 0 Å². The van der Waals surface area contributed by atoms with Gasteiger partial charge in [0, 0.05) is 43.4 Å². The number of nitrogens with zero attached hydrogens (tertiary/aromatic N) is 3. The number of carbonyl (C=O) groups excluding carboxylic acids is 1. The monoisotopic (exact) mass is 367 g/mol. The van der Waals surface area contributed by atoms with E-state index in [1.165, 1.54) is 29.7 Å². The Morgan fingerprint density at radius 2 is 2.30 bits per heavy atom. The number of hydrogen-bond donors (Lipinski definition) is 2. The second-order valence-corrected chi connectivity index (χ2v) is 7.85. The Balaban J connectivity index is 1.63. The van der Waals surface area contributed by atoms with Gasteiger partial charge in [-0.15, -0.1) is 0 Å². The summed E-state index contributed by atoms with van der Waals surface area (Å²) in [5.74, 6) is 1.65. The molecule has 144 valence electrons. The van der Waals surface area contributed by atoms with E-state index in [2.05, 4.69) is 46.5 Å². The maximum Gasteiger partial charge on any atom is 0.219 e. The summed E-state index contributed by atoms with van der Waals surface area (Å²) < 4.78 is 2.20. The topological polar surface area (TPSA) is 62.2 Å². The van der Waals surface area contributed by atoms with Crippen molar-refractivity contribution in [1.29, 1.82) is 0 Å². The molecule has 1 aromatic carbocycles. The number of rotatable bonds is 4. The number of carbonyl (C=O) groups is 1. The largest absolute Gasteiger partial charge is 0.338 e. The molecule has 1 unspecified atom stereocenters. The Labute approximate surface area is 160 Å². The number of fused-ring (bicyclic) bond motifs is 1. The second kappa shape index (κ2) is 7.72. The Morgan fingerprint density at radius 3 is 3.04 bits per heavy atom. The van der Waals surface area contributed by atoms with Gasteiger partial charge >= 0.3 is 0 Å². The number of anilines is 2. The molecule has 0 spiro atoms. The fourth-order valence-corrected chi connectivity index (χ4v) is 4.19. The van der Waals surface area contributed by atoms with Crippen LogP contribution in [0, 0.1) is 12.8 Å². The molecule has 1 amide bonds. The molecule has 2 aromatic rings. The maximum atomic E-state index is 11.9. The molecule has 6 heteroatoms. The van der Waals surface area contributed by atoms with Gasteiger partial charge in [0.1, 0.15) is 0 Å². The van der Waals surface area contributed by atoms with Crippen LogP contribution in [0.3, 0.4) is 0 Å². The lowest BCUT2D eigenvalue weighted by Gasteiger charge is -2.28. The van der Waals surface area contributed by atoms with E-state index in [0.29, 0.717) is 12.5 Å². The van der Waals surface area contributed by atoms with Crippen LogP contribution in [-0.2, 0) is 24.3 Å². The third kappa shape index (κ3) is 4.00. The Morgan fingerprint density at radius 1 is 1.41 bits per heavy atom. The first-order valence-corrected chi connectivity index (χ1v) is 9.98. The standard InChI is InChI=1S/C21H29N5O/c1-15-5-3-7-18(11-15)23-21-19-14-25(16(2)27)10-8-20(19)26(24-21)13-17-6-4-9-22-12-17/h3,5,7,11,17,22H,4,6,8-10,12-14H2,1-2H3,(H,23,24). The molecule has 1 fully saturated rings. The molecule has 27 heavy (non-hydrogen) atoms. The number of hydrogen-bond acceptors (Lipinski definition) is 4. The first kappa shape index (κ1) is 18.0. The predicted molar refractivity (Wildman–Crippen MR) is 107 cm³/mol. The zero-order valence-electron chi connectivity index (χ0n) is 16.3. The highest BCUT2D eigenvalue weighted by Gasteiger charge is 2.27. The fourth-order valence-electron chi connectivity index (χ4n) is 4.19. The van der Waals surface area contributed by atoms with Crippen LogP contribution in [0.25, 0.3) is 0 Å². The van der Waals surface area contributed by atoms with Gasteiger partial charge in [-0.2, -0.15) is 5.10 Å². The second-order valence-electron chi connectivity index (χ2n) is 7.85. The van der Waals surface area contributed by atoms with Gasteiger partial charge in [0.2, 0.25) is 5.91 Å². The number of piperidine rings is 1. The van der Waals surface area contributed by atoms with Crippen LogP contribution in [0.1, 0.15) is 36.6 Å².